The molecule has 4 aromatic rings. The van der Waals surface area contributed by atoms with Crippen LogP contribution >= 0.6 is 0 Å². The van der Waals surface area contributed by atoms with E-state index in [1.54, 1.807) is 17.1 Å². The van der Waals surface area contributed by atoms with Crippen molar-refractivity contribution in [2.75, 3.05) is 18.5 Å². The summed E-state index contributed by atoms with van der Waals surface area (Å²) in [6.45, 7) is 0.350. The zero-order valence-electron chi connectivity index (χ0n) is 14.4. The topological polar surface area (TPSA) is 109 Å². The number of fused-ring (bicyclic) bond motifs is 1. The van der Waals surface area contributed by atoms with E-state index >= 15 is 0 Å². The minimum atomic E-state index is -0.272. The predicted octanol–water partition coefficient (Wildman–Crippen LogP) is 1.69. The van der Waals surface area contributed by atoms with Gasteiger partial charge in [-0.3, -0.25) is 14.8 Å². The van der Waals surface area contributed by atoms with E-state index in [9.17, 15) is 9.90 Å². The third-order valence-corrected chi connectivity index (χ3v) is 4.33. The normalized spacial score (nSPS) is 12.2. The predicted molar refractivity (Wildman–Crippen MR) is 102 cm³/mol. The summed E-state index contributed by atoms with van der Waals surface area (Å²) in [7, 11) is 0. The summed E-state index contributed by atoms with van der Waals surface area (Å²) in [5, 5.41) is 17.5. The van der Waals surface area contributed by atoms with Gasteiger partial charge in [-0.25, -0.2) is 4.68 Å². The van der Waals surface area contributed by atoms with Crippen molar-refractivity contribution in [3.63, 3.8) is 0 Å². The lowest BCUT2D eigenvalue weighted by atomic mass is 10.0. The molecular formula is C19H18N6O2. The van der Waals surface area contributed by atoms with Crippen LogP contribution in [0.3, 0.4) is 0 Å². The standard InChI is InChI=1S/C19H18N6O2/c26-12-14(13-5-4-8-20-9-13)10-21-19-23-17-16(18(27)24-19)11-22-25(17)15-6-2-1-3-7-15/h1-9,11,14,26H,10,12H2,(H2,21,23,24,27). The number of aliphatic hydroxyl groups excluding tert-OH is 1. The fourth-order valence-corrected chi connectivity index (χ4v) is 2.89. The Morgan fingerprint density at radius 1 is 1.15 bits per heavy atom. The van der Waals surface area contributed by atoms with Crippen LogP contribution in [0.25, 0.3) is 16.7 Å². The Balaban J connectivity index is 1.64. The summed E-state index contributed by atoms with van der Waals surface area (Å²) < 4.78 is 1.63. The number of para-hydroxylation sites is 1. The number of H-pyrrole nitrogens is 1. The molecule has 0 spiro atoms. The number of benzene rings is 1. The van der Waals surface area contributed by atoms with E-state index in [4.69, 9.17) is 0 Å². The first-order valence-corrected chi connectivity index (χ1v) is 8.54. The van der Waals surface area contributed by atoms with Crippen LogP contribution in [0.1, 0.15) is 11.5 Å². The number of nitrogens with one attached hydrogen (secondary N) is 2. The highest BCUT2D eigenvalue weighted by Gasteiger charge is 2.14. The first-order valence-electron chi connectivity index (χ1n) is 8.54. The van der Waals surface area contributed by atoms with E-state index in [1.165, 1.54) is 6.20 Å². The van der Waals surface area contributed by atoms with Crippen molar-refractivity contribution in [2.45, 2.75) is 5.92 Å². The minimum Gasteiger partial charge on any atom is -0.396 e. The van der Waals surface area contributed by atoms with Gasteiger partial charge >= 0.3 is 0 Å². The van der Waals surface area contributed by atoms with Gasteiger partial charge < -0.3 is 10.4 Å². The summed E-state index contributed by atoms with van der Waals surface area (Å²) in [6, 6.07) is 13.2. The highest BCUT2D eigenvalue weighted by Crippen LogP contribution is 2.16. The smallest absolute Gasteiger partial charge is 0.263 e. The maximum atomic E-state index is 12.4. The lowest BCUT2D eigenvalue weighted by Crippen LogP contribution is -2.20. The maximum Gasteiger partial charge on any atom is 0.263 e. The number of anilines is 1. The average Bonchev–Trinajstić information content (AvgIpc) is 3.14. The number of rotatable bonds is 6. The molecule has 0 aliphatic carbocycles. The molecule has 3 N–H and O–H groups in total. The quantitative estimate of drug-likeness (QED) is 0.482. The third-order valence-electron chi connectivity index (χ3n) is 4.33. The molecule has 8 nitrogen and oxygen atoms in total. The highest BCUT2D eigenvalue weighted by atomic mass is 16.3. The molecule has 3 heterocycles. The van der Waals surface area contributed by atoms with E-state index in [2.05, 4.69) is 25.4 Å². The Bertz CT molecular complexity index is 1090. The molecule has 0 saturated heterocycles. The lowest BCUT2D eigenvalue weighted by Gasteiger charge is -2.15. The number of aliphatic hydroxyl groups is 1. The molecule has 0 aliphatic rings. The highest BCUT2D eigenvalue weighted by molar-refractivity contribution is 5.76. The molecule has 27 heavy (non-hydrogen) atoms. The third kappa shape index (κ3) is 3.42. The Hall–Kier alpha value is -3.52. The van der Waals surface area contributed by atoms with Gasteiger partial charge in [-0.05, 0) is 23.8 Å². The van der Waals surface area contributed by atoms with Gasteiger partial charge in [0.2, 0.25) is 5.95 Å². The Labute approximate surface area is 154 Å². The van der Waals surface area contributed by atoms with Crippen molar-refractivity contribution in [3.8, 4) is 5.69 Å². The molecule has 0 radical (unpaired) electrons. The first kappa shape index (κ1) is 16.9. The largest absolute Gasteiger partial charge is 0.396 e. The fourth-order valence-electron chi connectivity index (χ4n) is 2.89. The Morgan fingerprint density at radius 3 is 2.74 bits per heavy atom. The lowest BCUT2D eigenvalue weighted by molar-refractivity contribution is 0.269. The van der Waals surface area contributed by atoms with Crippen molar-refractivity contribution >= 4 is 17.0 Å². The number of pyridine rings is 1. The van der Waals surface area contributed by atoms with Gasteiger partial charge in [0.15, 0.2) is 5.65 Å². The zero-order valence-corrected chi connectivity index (χ0v) is 14.4. The second kappa shape index (κ2) is 7.38. The second-order valence-corrected chi connectivity index (χ2v) is 6.09. The van der Waals surface area contributed by atoms with E-state index in [1.807, 2.05) is 42.5 Å². The van der Waals surface area contributed by atoms with Gasteiger partial charge in [0.1, 0.15) is 5.39 Å². The molecule has 0 fully saturated rings. The second-order valence-electron chi connectivity index (χ2n) is 6.09. The van der Waals surface area contributed by atoms with Gasteiger partial charge in [-0.15, -0.1) is 0 Å². The summed E-state index contributed by atoms with van der Waals surface area (Å²) in [5.41, 5.74) is 1.92. The van der Waals surface area contributed by atoms with Crippen molar-refractivity contribution in [3.05, 3.63) is 77.0 Å². The summed E-state index contributed by atoms with van der Waals surface area (Å²) in [6.07, 6.45) is 4.90. The molecule has 1 atom stereocenters. The van der Waals surface area contributed by atoms with Crippen LogP contribution in [-0.4, -0.2) is 43.0 Å². The van der Waals surface area contributed by atoms with Gasteiger partial charge in [0, 0.05) is 24.9 Å². The molecule has 136 valence electrons. The van der Waals surface area contributed by atoms with Crippen LogP contribution in [0, 0.1) is 0 Å². The van der Waals surface area contributed by atoms with Crippen molar-refractivity contribution in [1.29, 1.82) is 0 Å². The minimum absolute atomic E-state index is 0.0485. The van der Waals surface area contributed by atoms with E-state index in [0.717, 1.165) is 11.3 Å². The first-order chi connectivity index (χ1) is 13.3. The van der Waals surface area contributed by atoms with Crippen molar-refractivity contribution in [1.82, 2.24) is 24.7 Å². The molecule has 4 rings (SSSR count). The SMILES string of the molecule is O=c1[nH]c(NCC(CO)c2cccnc2)nc2c1cnn2-c1ccccc1. The van der Waals surface area contributed by atoms with Crippen LogP contribution in [0.15, 0.2) is 65.8 Å². The van der Waals surface area contributed by atoms with Crippen LogP contribution < -0.4 is 10.9 Å². The molecule has 1 aromatic carbocycles. The zero-order chi connectivity index (χ0) is 18.6. The van der Waals surface area contributed by atoms with Gasteiger partial charge in [0.25, 0.3) is 5.56 Å². The maximum absolute atomic E-state index is 12.4. The number of aromatic nitrogens is 5. The van der Waals surface area contributed by atoms with Crippen molar-refractivity contribution < 1.29 is 5.11 Å². The van der Waals surface area contributed by atoms with Crippen LogP contribution in [-0.2, 0) is 0 Å². The number of hydrogen-bond acceptors (Lipinski definition) is 6. The molecular weight excluding hydrogens is 344 g/mol. The van der Waals surface area contributed by atoms with Crippen LogP contribution in [0.5, 0.6) is 0 Å². The average molecular weight is 362 g/mol. The summed E-state index contributed by atoms with van der Waals surface area (Å²) in [4.78, 5) is 23.7. The van der Waals surface area contributed by atoms with E-state index in [-0.39, 0.29) is 18.1 Å². The van der Waals surface area contributed by atoms with Crippen molar-refractivity contribution in [2.24, 2.45) is 0 Å². The molecule has 3 aromatic heterocycles. The van der Waals surface area contributed by atoms with Gasteiger partial charge in [-0.2, -0.15) is 10.1 Å². The molecule has 0 saturated carbocycles. The van der Waals surface area contributed by atoms with E-state index in [0.29, 0.717) is 23.5 Å². The monoisotopic (exact) mass is 362 g/mol. The Kier molecular flexibility index (Phi) is 4.63. The number of nitrogens with zero attached hydrogens (tertiary/aromatic N) is 4. The van der Waals surface area contributed by atoms with Gasteiger partial charge in [-0.1, -0.05) is 24.3 Å². The Morgan fingerprint density at radius 2 is 2.00 bits per heavy atom. The molecule has 8 heteroatoms. The van der Waals surface area contributed by atoms with Crippen LogP contribution in [0.2, 0.25) is 0 Å². The molecule has 0 aliphatic heterocycles. The summed E-state index contributed by atoms with van der Waals surface area (Å²) >= 11 is 0. The van der Waals surface area contributed by atoms with E-state index < -0.39 is 0 Å². The number of aromatic amines is 1. The fraction of sp³-hybridized carbons (Fsp3) is 0.158. The number of hydrogen-bond donors (Lipinski definition) is 3. The summed E-state index contributed by atoms with van der Waals surface area (Å²) in [5.74, 6) is 0.159. The molecule has 0 amide bonds. The van der Waals surface area contributed by atoms with Gasteiger partial charge in [0.05, 0.1) is 18.5 Å². The molecule has 1 unspecified atom stereocenters. The molecule has 0 bridgehead atoms. The van der Waals surface area contributed by atoms with Crippen LogP contribution in [0.4, 0.5) is 5.95 Å².